The van der Waals surface area contributed by atoms with E-state index >= 15 is 0 Å². The second-order valence-electron chi connectivity index (χ2n) is 9.52. The molecule has 3 aromatic carbocycles. The number of aromatic nitrogens is 1. The molecular weight excluding hydrogens is 484 g/mol. The van der Waals surface area contributed by atoms with Crippen LogP contribution in [0.25, 0.3) is 10.9 Å². The van der Waals surface area contributed by atoms with Crippen molar-refractivity contribution in [3.05, 3.63) is 77.9 Å². The molecule has 1 amide bonds. The predicted octanol–water partition coefficient (Wildman–Crippen LogP) is 4.27. The Morgan fingerprint density at radius 2 is 1.50 bits per heavy atom. The summed E-state index contributed by atoms with van der Waals surface area (Å²) in [5, 5.41) is 3.83. The van der Waals surface area contributed by atoms with Crippen molar-refractivity contribution in [2.75, 3.05) is 50.0 Å². The minimum atomic E-state index is -0.190. The molecular formula is C29H26N4O5. The minimum absolute atomic E-state index is 0.190. The number of carbonyl (C=O) groups excluding carboxylic acids is 1. The molecule has 3 aliphatic rings. The topological polar surface area (TPSA) is 85.4 Å². The van der Waals surface area contributed by atoms with E-state index in [1.165, 1.54) is 5.56 Å². The molecule has 0 radical (unpaired) electrons. The first-order valence-electron chi connectivity index (χ1n) is 12.7. The summed E-state index contributed by atoms with van der Waals surface area (Å²) >= 11 is 0. The quantitative estimate of drug-likeness (QED) is 0.426. The molecule has 0 spiro atoms. The number of nitrogens with zero attached hydrogens (tertiary/aromatic N) is 3. The number of anilines is 2. The average Bonchev–Trinajstić information content (AvgIpc) is 3.62. The molecule has 4 aromatic rings. The van der Waals surface area contributed by atoms with E-state index in [-0.39, 0.29) is 19.5 Å². The Hall–Kier alpha value is -4.50. The summed E-state index contributed by atoms with van der Waals surface area (Å²) in [4.78, 5) is 23.0. The van der Waals surface area contributed by atoms with Gasteiger partial charge < -0.3 is 29.2 Å². The van der Waals surface area contributed by atoms with Crippen LogP contribution >= 0.6 is 0 Å². The Morgan fingerprint density at radius 1 is 0.789 bits per heavy atom. The SMILES string of the molecule is O=C(Nc1ccc2c(c1)OCO2)c1cc(N2CCN(Cc3ccc4c(c3)OCO4)CC2)nc2ccccc12. The number of piperazine rings is 1. The molecule has 1 N–H and O–H groups in total. The lowest BCUT2D eigenvalue weighted by Gasteiger charge is -2.35. The molecule has 9 heteroatoms. The van der Waals surface area contributed by atoms with Crippen LogP contribution in [0.3, 0.4) is 0 Å². The van der Waals surface area contributed by atoms with Crippen LogP contribution in [0.2, 0.25) is 0 Å². The number of hydrogen-bond acceptors (Lipinski definition) is 8. The van der Waals surface area contributed by atoms with Gasteiger partial charge in [0.25, 0.3) is 5.91 Å². The van der Waals surface area contributed by atoms with Crippen LogP contribution in [0, 0.1) is 0 Å². The molecule has 0 unspecified atom stereocenters. The normalized spacial score (nSPS) is 16.2. The number of nitrogens with one attached hydrogen (secondary N) is 1. The first-order valence-corrected chi connectivity index (χ1v) is 12.7. The van der Waals surface area contributed by atoms with Gasteiger partial charge in [0.05, 0.1) is 11.1 Å². The first kappa shape index (κ1) is 22.7. The monoisotopic (exact) mass is 510 g/mol. The molecule has 9 nitrogen and oxygen atoms in total. The van der Waals surface area contributed by atoms with Crippen LogP contribution in [-0.4, -0.2) is 55.6 Å². The number of ether oxygens (including phenoxy) is 4. The van der Waals surface area contributed by atoms with Crippen molar-refractivity contribution < 1.29 is 23.7 Å². The van der Waals surface area contributed by atoms with Crippen molar-refractivity contribution in [2.45, 2.75) is 6.54 Å². The van der Waals surface area contributed by atoms with Gasteiger partial charge in [-0.25, -0.2) is 4.98 Å². The van der Waals surface area contributed by atoms with E-state index in [2.05, 4.69) is 27.2 Å². The summed E-state index contributed by atoms with van der Waals surface area (Å²) in [7, 11) is 0. The fourth-order valence-corrected chi connectivity index (χ4v) is 5.12. The Morgan fingerprint density at radius 3 is 2.32 bits per heavy atom. The van der Waals surface area contributed by atoms with Crippen molar-refractivity contribution in [3.8, 4) is 23.0 Å². The van der Waals surface area contributed by atoms with Crippen LogP contribution in [0.5, 0.6) is 23.0 Å². The van der Waals surface area contributed by atoms with E-state index in [9.17, 15) is 4.79 Å². The molecule has 38 heavy (non-hydrogen) atoms. The van der Waals surface area contributed by atoms with Gasteiger partial charge in [-0.1, -0.05) is 24.3 Å². The second kappa shape index (κ2) is 9.42. The minimum Gasteiger partial charge on any atom is -0.454 e. The number of rotatable bonds is 5. The lowest BCUT2D eigenvalue weighted by Crippen LogP contribution is -2.46. The summed E-state index contributed by atoms with van der Waals surface area (Å²) in [6.45, 7) is 4.74. The Balaban J connectivity index is 1.08. The maximum atomic E-state index is 13.4. The molecule has 0 atom stereocenters. The Bertz CT molecular complexity index is 1530. The van der Waals surface area contributed by atoms with Crippen LogP contribution < -0.4 is 29.2 Å². The molecule has 1 fully saturated rings. The van der Waals surface area contributed by atoms with E-state index in [0.29, 0.717) is 22.7 Å². The van der Waals surface area contributed by atoms with Gasteiger partial charge >= 0.3 is 0 Å². The fraction of sp³-hybridized carbons (Fsp3) is 0.241. The zero-order valence-electron chi connectivity index (χ0n) is 20.7. The molecule has 3 aliphatic heterocycles. The molecule has 1 saturated heterocycles. The van der Waals surface area contributed by atoms with Crippen LogP contribution in [-0.2, 0) is 6.54 Å². The van der Waals surface area contributed by atoms with Crippen LogP contribution in [0.1, 0.15) is 15.9 Å². The summed E-state index contributed by atoms with van der Waals surface area (Å²) in [5.41, 5.74) is 3.24. The van der Waals surface area contributed by atoms with Gasteiger partial charge in [-0.05, 0) is 42.0 Å². The number of benzene rings is 3. The van der Waals surface area contributed by atoms with Gasteiger partial charge in [-0.3, -0.25) is 9.69 Å². The largest absolute Gasteiger partial charge is 0.454 e. The van der Waals surface area contributed by atoms with Gasteiger partial charge in [0.15, 0.2) is 23.0 Å². The van der Waals surface area contributed by atoms with Crippen molar-refractivity contribution in [3.63, 3.8) is 0 Å². The number of pyridine rings is 1. The van der Waals surface area contributed by atoms with Crippen molar-refractivity contribution >= 4 is 28.3 Å². The number of carbonyl (C=O) groups is 1. The zero-order chi connectivity index (χ0) is 25.5. The molecule has 0 saturated carbocycles. The zero-order valence-corrected chi connectivity index (χ0v) is 20.7. The summed E-state index contributed by atoms with van der Waals surface area (Å²) in [5.74, 6) is 3.54. The van der Waals surface area contributed by atoms with Gasteiger partial charge in [0.2, 0.25) is 13.6 Å². The molecule has 1 aromatic heterocycles. The lowest BCUT2D eigenvalue weighted by molar-refractivity contribution is 0.102. The number of para-hydroxylation sites is 1. The van der Waals surface area contributed by atoms with Gasteiger partial charge in [-0.2, -0.15) is 0 Å². The van der Waals surface area contributed by atoms with E-state index in [1.54, 1.807) is 12.1 Å². The van der Waals surface area contributed by atoms with E-state index in [1.807, 2.05) is 42.5 Å². The van der Waals surface area contributed by atoms with Crippen molar-refractivity contribution in [2.24, 2.45) is 0 Å². The number of hydrogen-bond donors (Lipinski definition) is 1. The highest BCUT2D eigenvalue weighted by atomic mass is 16.7. The summed E-state index contributed by atoms with van der Waals surface area (Å²) in [6.07, 6.45) is 0. The highest BCUT2D eigenvalue weighted by Gasteiger charge is 2.23. The van der Waals surface area contributed by atoms with Gasteiger partial charge in [0, 0.05) is 49.9 Å². The standard InChI is InChI=1S/C29H26N4O5/c34-29(30-20-6-8-25-27(14-20)38-18-36-25)22-15-28(31-23-4-2-1-3-21(22)23)33-11-9-32(10-12-33)16-19-5-7-24-26(13-19)37-17-35-24/h1-8,13-15H,9-12,16-18H2,(H,30,34). The summed E-state index contributed by atoms with van der Waals surface area (Å²) in [6, 6.07) is 21.2. The Labute approximate surface area is 219 Å². The highest BCUT2D eigenvalue weighted by Crippen LogP contribution is 2.35. The third-order valence-corrected chi connectivity index (χ3v) is 7.12. The maximum Gasteiger partial charge on any atom is 0.256 e. The first-order chi connectivity index (χ1) is 18.7. The third kappa shape index (κ3) is 4.31. The highest BCUT2D eigenvalue weighted by molar-refractivity contribution is 6.13. The molecule has 0 aliphatic carbocycles. The molecule has 0 bridgehead atoms. The smallest absolute Gasteiger partial charge is 0.256 e. The molecule has 7 rings (SSSR count). The summed E-state index contributed by atoms with van der Waals surface area (Å²) < 4.78 is 21.8. The van der Waals surface area contributed by atoms with Gasteiger partial charge in [0.1, 0.15) is 5.82 Å². The van der Waals surface area contributed by atoms with E-state index in [4.69, 9.17) is 23.9 Å². The van der Waals surface area contributed by atoms with E-state index in [0.717, 1.165) is 60.9 Å². The number of fused-ring (bicyclic) bond motifs is 3. The van der Waals surface area contributed by atoms with Crippen molar-refractivity contribution in [1.82, 2.24) is 9.88 Å². The van der Waals surface area contributed by atoms with Crippen LogP contribution in [0.4, 0.5) is 11.5 Å². The fourth-order valence-electron chi connectivity index (χ4n) is 5.12. The van der Waals surface area contributed by atoms with Crippen molar-refractivity contribution in [1.29, 1.82) is 0 Å². The molecule has 4 heterocycles. The lowest BCUT2D eigenvalue weighted by atomic mass is 10.1. The predicted molar refractivity (Wildman–Crippen MR) is 142 cm³/mol. The second-order valence-corrected chi connectivity index (χ2v) is 9.52. The third-order valence-electron chi connectivity index (χ3n) is 7.12. The van der Waals surface area contributed by atoms with Crippen LogP contribution in [0.15, 0.2) is 66.7 Å². The Kier molecular flexibility index (Phi) is 5.62. The maximum absolute atomic E-state index is 13.4. The van der Waals surface area contributed by atoms with Gasteiger partial charge in [-0.15, -0.1) is 0 Å². The average molecular weight is 511 g/mol. The number of amides is 1. The molecule has 192 valence electrons. The van der Waals surface area contributed by atoms with E-state index < -0.39 is 0 Å².